The molecule has 30 nitrogen and oxygen atoms in total. The van der Waals surface area contributed by atoms with Crippen LogP contribution in [0.15, 0.2) is 91.1 Å². The van der Waals surface area contributed by atoms with Gasteiger partial charge in [0.25, 0.3) is 0 Å². The lowest BCUT2D eigenvalue weighted by molar-refractivity contribution is -0.152. The molecule has 0 bridgehead atoms. The molecular formula is C99H147N9O21S3. The number of hydrogen-bond acceptors (Lipinski definition) is 23. The molecule has 7 aromatic rings. The fourth-order valence-electron chi connectivity index (χ4n) is 14.2. The third-order valence-electron chi connectivity index (χ3n) is 21.3. The van der Waals surface area contributed by atoms with Crippen LogP contribution in [-0.2, 0) is 84.8 Å². The summed E-state index contributed by atoms with van der Waals surface area (Å²) in [5.74, 6) is -2.46. The number of rotatable bonds is 33. The van der Waals surface area contributed by atoms with Crippen molar-refractivity contribution in [3.05, 3.63) is 168 Å². The molecule has 10 rings (SSSR count). The number of ether oxygens (including phenoxy) is 1. The summed E-state index contributed by atoms with van der Waals surface area (Å²) in [6, 6.07) is 11.4. The molecule has 0 radical (unpaired) electrons. The lowest BCUT2D eigenvalue weighted by Crippen LogP contribution is -2.34. The summed E-state index contributed by atoms with van der Waals surface area (Å²) in [6.45, 7) is 43.2. The molecule has 0 amide bonds. The van der Waals surface area contributed by atoms with Gasteiger partial charge in [-0.25, -0.2) is 34.5 Å². The minimum atomic E-state index is -0.974. The number of pyridine rings is 3. The maximum Gasteiger partial charge on any atom is 0.328 e. The molecule has 2 saturated carbocycles. The molecule has 132 heavy (non-hydrogen) atoms. The van der Waals surface area contributed by atoms with Crippen LogP contribution < -0.4 is 0 Å². The van der Waals surface area contributed by atoms with Crippen molar-refractivity contribution in [2.75, 3.05) is 13.2 Å². The molecular weight excluding hydrogens is 1750 g/mol. The van der Waals surface area contributed by atoms with E-state index >= 15 is 0 Å². The predicted octanol–water partition coefficient (Wildman–Crippen LogP) is 22.0. The number of carbonyl (C=O) groups is 10. The van der Waals surface area contributed by atoms with Gasteiger partial charge in [-0.3, -0.25) is 53.3 Å². The molecule has 2 aliphatic carbocycles. The second kappa shape index (κ2) is 63.6. The van der Waals surface area contributed by atoms with Crippen molar-refractivity contribution in [3.63, 3.8) is 0 Å². The molecule has 0 atom stereocenters. The van der Waals surface area contributed by atoms with Gasteiger partial charge in [0.2, 0.25) is 0 Å². The quantitative estimate of drug-likeness (QED) is 0.0171. The number of thiazole rings is 2. The highest BCUT2D eigenvalue weighted by atomic mass is 32.1. The summed E-state index contributed by atoms with van der Waals surface area (Å²) in [7, 11) is 0. The first-order valence-electron chi connectivity index (χ1n) is 45.4. The Bertz CT molecular complexity index is 4380. The average Bonchev–Trinajstić information content (AvgIpc) is 1.29. The molecule has 0 aromatic carbocycles. The van der Waals surface area contributed by atoms with Gasteiger partial charge in [-0.2, -0.15) is 4.37 Å². The Morgan fingerprint density at radius 2 is 0.879 bits per heavy atom. The number of nitrogens with zero attached hydrogens (tertiary/aromatic N) is 9. The normalized spacial score (nSPS) is 14.0. The van der Waals surface area contributed by atoms with Crippen molar-refractivity contribution in [3.8, 4) is 0 Å². The van der Waals surface area contributed by atoms with Crippen LogP contribution in [0.1, 0.15) is 372 Å². The summed E-state index contributed by atoms with van der Waals surface area (Å²) >= 11 is 4.28. The second-order valence-corrected chi connectivity index (χ2v) is 39.4. The molecule has 1 saturated heterocycles. The topological polar surface area (TPSA) is 498 Å². The van der Waals surface area contributed by atoms with Gasteiger partial charge in [0.15, 0.2) is 5.82 Å². The lowest BCUT2D eigenvalue weighted by Gasteiger charge is -2.40. The van der Waals surface area contributed by atoms with E-state index in [0.717, 1.165) is 155 Å². The standard InChI is InChI=1S/C12H22O2.C11H15NO2.C11H13NO2.C11H20O3.C11H20O2.C10H12N2O2.C10H13NO2.2C8H11NO2S.C7H10N2O2S/c1-10(2)8-12(9-11(13)14)6-4-3-5-7-12;2*1-8(2)10-5-3-9(7-12-10)4-6-11(13)14;1-9(2)11(4-3-10(12)13)5-7-14-8-6-11;1-9(2)8-11(10(12)13)6-4-3-5-7-11;1-7(2)10-11-5-8(6-12-10)3-4-9(13)14;1-7(2)9-4-3-8(6-11-9)5-10(12)13;1-5(2)8-9-6(4-12-8)3-7(10)11;1-5(2)8-9-4-6(12-8)3-7(10)11;1-4(2)7-8-5(9-12-7)3-6(10)11/h10H,3-9H2,1-2H3,(H,13,14);3,5,7-8H,4,6H2,1-2H3,(H,13,14);3-8H,1-2H3,(H,13,14);9H,3-8H2,1-2H3,(H,12,13);9H,3-8H2,1-2H3,(H,12,13);3-7H,1-2H3,(H,13,14);3-4,6-7H,5H2,1-2H3,(H,12,13);2*4-5H,3H2,1-2H3,(H,10,11);4H,3H2,1-2H3,(H,10,11)/b;;6-4+;;;4-3+;;;;. The Labute approximate surface area is 791 Å². The van der Waals surface area contributed by atoms with E-state index in [1.807, 2.05) is 97.2 Å². The molecule has 3 aliphatic rings. The van der Waals surface area contributed by atoms with Crippen molar-refractivity contribution in [2.24, 2.45) is 34.0 Å². The SMILES string of the molecule is CC(C)C1(CCC(=O)O)CCOCC1.CC(C)CC1(C(=O)O)CCCCC1.CC(C)CC1(CC(=O)O)CCCCC1.CC(C)c1ccc(/C=C/C(=O)O)cn1.CC(C)c1ccc(CC(=O)O)cn1.CC(C)c1ccc(CCC(=O)O)cn1.CC(C)c1nc(CC(=O)O)cs1.CC(C)c1nc(CC(=O)O)ns1.CC(C)c1ncc(/C=C/C(=O)O)cn1.CC(C)c1ncc(CC(=O)O)s1. The molecule has 0 unspecified atom stereocenters. The minimum Gasteiger partial charge on any atom is -0.481 e. The van der Waals surface area contributed by atoms with Gasteiger partial charge in [0.05, 0.1) is 46.8 Å². The smallest absolute Gasteiger partial charge is 0.328 e. The van der Waals surface area contributed by atoms with E-state index in [4.69, 9.17) is 50.7 Å². The zero-order valence-electron chi connectivity index (χ0n) is 81.0. The number of aryl methyl sites for hydroxylation is 1. The summed E-state index contributed by atoms with van der Waals surface area (Å²) < 4.78 is 9.26. The predicted molar refractivity (Wildman–Crippen MR) is 516 cm³/mol. The third-order valence-corrected chi connectivity index (χ3v) is 24.8. The van der Waals surface area contributed by atoms with Crippen LogP contribution in [-0.4, -0.2) is 168 Å². The van der Waals surface area contributed by atoms with Gasteiger partial charge in [-0.1, -0.05) is 195 Å². The fraction of sp³-hybridized carbons (Fsp3) is 0.586. The average molecular weight is 1900 g/mol. The van der Waals surface area contributed by atoms with Gasteiger partial charge in [-0.15, -0.1) is 22.7 Å². The van der Waals surface area contributed by atoms with Crippen LogP contribution in [0.25, 0.3) is 12.2 Å². The van der Waals surface area contributed by atoms with Crippen LogP contribution in [0, 0.1) is 34.0 Å². The molecule has 3 fully saturated rings. The van der Waals surface area contributed by atoms with Crippen molar-refractivity contribution in [1.82, 2.24) is 44.2 Å². The van der Waals surface area contributed by atoms with E-state index < -0.39 is 59.7 Å². The number of aromatic nitrogens is 9. The van der Waals surface area contributed by atoms with Crippen molar-refractivity contribution in [1.29, 1.82) is 0 Å². The first-order valence-corrected chi connectivity index (χ1v) is 47.8. The van der Waals surface area contributed by atoms with Gasteiger partial charge in [-0.05, 0) is 169 Å². The first kappa shape index (κ1) is 119. The van der Waals surface area contributed by atoms with Crippen molar-refractivity contribution in [2.45, 2.75) is 328 Å². The van der Waals surface area contributed by atoms with Crippen LogP contribution in [0.3, 0.4) is 0 Å². The number of carboxylic acids is 10. The molecule has 0 spiro atoms. The van der Waals surface area contributed by atoms with Crippen molar-refractivity contribution < 1.29 is 104 Å². The number of aliphatic carboxylic acids is 10. The summed E-state index contributed by atoms with van der Waals surface area (Å²) in [6.07, 6.45) is 32.5. The summed E-state index contributed by atoms with van der Waals surface area (Å²) in [4.78, 5) is 139. The Kier molecular flexibility index (Phi) is 57.6. The molecule has 10 N–H and O–H groups in total. The van der Waals surface area contributed by atoms with E-state index in [-0.39, 0.29) is 60.7 Å². The van der Waals surface area contributed by atoms with Crippen LogP contribution >= 0.6 is 34.2 Å². The zero-order valence-corrected chi connectivity index (χ0v) is 83.4. The van der Waals surface area contributed by atoms with Gasteiger partial charge in [0.1, 0.15) is 17.3 Å². The van der Waals surface area contributed by atoms with Crippen LogP contribution in [0.4, 0.5) is 0 Å². The zero-order chi connectivity index (χ0) is 100. The Hall–Kier alpha value is -10.5. The van der Waals surface area contributed by atoms with Gasteiger partial charge < -0.3 is 55.8 Å². The van der Waals surface area contributed by atoms with Crippen LogP contribution in [0.2, 0.25) is 0 Å². The highest BCUT2D eigenvalue weighted by molar-refractivity contribution is 7.11. The van der Waals surface area contributed by atoms with Gasteiger partial charge >= 0.3 is 59.7 Å². The van der Waals surface area contributed by atoms with Gasteiger partial charge in [0, 0.05) is 132 Å². The largest absolute Gasteiger partial charge is 0.481 e. The molecule has 33 heteroatoms. The highest BCUT2D eigenvalue weighted by Crippen LogP contribution is 2.45. The molecule has 7 aromatic heterocycles. The van der Waals surface area contributed by atoms with Crippen molar-refractivity contribution >= 4 is 106 Å². The fourth-order valence-corrected chi connectivity index (χ4v) is 16.6. The van der Waals surface area contributed by atoms with E-state index in [0.29, 0.717) is 83.2 Å². The summed E-state index contributed by atoms with van der Waals surface area (Å²) in [5, 5.41) is 90.8. The maximum atomic E-state index is 11.2. The van der Waals surface area contributed by atoms with E-state index in [9.17, 15) is 53.1 Å². The minimum absolute atomic E-state index is 0.0310. The third kappa shape index (κ3) is 52.7. The molecule has 1 aliphatic heterocycles. The molecule has 8 heterocycles. The van der Waals surface area contributed by atoms with E-state index in [1.54, 1.807) is 37.2 Å². The molecule has 732 valence electrons. The summed E-state index contributed by atoms with van der Waals surface area (Å²) in [5.41, 5.74) is 6.88. The highest BCUT2D eigenvalue weighted by Gasteiger charge is 2.40. The Morgan fingerprint density at radius 1 is 0.417 bits per heavy atom. The van der Waals surface area contributed by atoms with E-state index in [1.165, 1.54) is 72.0 Å². The monoisotopic (exact) mass is 1890 g/mol. The Balaban J connectivity index is 0.000000734. The number of hydrogen-bond donors (Lipinski definition) is 10. The lowest BCUT2D eigenvalue weighted by atomic mass is 9.67. The van der Waals surface area contributed by atoms with Crippen LogP contribution in [0.5, 0.6) is 0 Å². The van der Waals surface area contributed by atoms with E-state index in [2.05, 4.69) is 127 Å². The number of carboxylic acid groups (broad SMARTS) is 10. The second-order valence-electron chi connectivity index (χ2n) is 36.6. The Morgan fingerprint density at radius 3 is 1.26 bits per heavy atom. The first-order chi connectivity index (χ1) is 61.8. The maximum absolute atomic E-state index is 11.2.